The van der Waals surface area contributed by atoms with Crippen LogP contribution >= 0.6 is 0 Å². The lowest BCUT2D eigenvalue weighted by molar-refractivity contribution is 0.305. The van der Waals surface area contributed by atoms with Crippen molar-refractivity contribution in [3.05, 3.63) is 82.9 Å². The minimum Gasteiger partial charge on any atom is -0.395 e. The van der Waals surface area contributed by atoms with Crippen LogP contribution in [0.25, 0.3) is 5.69 Å². The molecule has 3 rings (SSSR count). The summed E-state index contributed by atoms with van der Waals surface area (Å²) in [5, 5.41) is 16.7. The molecule has 4 nitrogen and oxygen atoms in total. The second kappa shape index (κ2) is 9.32. The normalized spacial score (nSPS) is 11.7. The van der Waals surface area contributed by atoms with Crippen LogP contribution in [0.5, 0.6) is 0 Å². The third kappa shape index (κ3) is 4.86. The minimum atomic E-state index is -0.273. The Kier molecular flexibility index (Phi) is 6.59. The fraction of sp³-hybridized carbons (Fsp3) is 0.261. The number of rotatable bonds is 6. The number of nitrogens with one attached hydrogen (secondary N) is 1. The van der Waals surface area contributed by atoms with Crippen LogP contribution in [0.4, 0.5) is 4.39 Å². The molecule has 0 aliphatic carbocycles. The lowest BCUT2D eigenvalue weighted by atomic mass is 10.1. The van der Waals surface area contributed by atoms with E-state index in [0.717, 1.165) is 28.9 Å². The summed E-state index contributed by atoms with van der Waals surface area (Å²) in [7, 11) is 0. The maximum absolute atomic E-state index is 13.5. The van der Waals surface area contributed by atoms with Crippen LogP contribution in [0.3, 0.4) is 0 Å². The van der Waals surface area contributed by atoms with Gasteiger partial charge in [-0.2, -0.15) is 5.10 Å². The zero-order valence-electron chi connectivity index (χ0n) is 16.1. The van der Waals surface area contributed by atoms with Crippen molar-refractivity contribution in [1.29, 1.82) is 0 Å². The zero-order valence-corrected chi connectivity index (χ0v) is 16.1. The Morgan fingerprint density at radius 2 is 2.00 bits per heavy atom. The van der Waals surface area contributed by atoms with E-state index in [1.54, 1.807) is 10.7 Å². The van der Waals surface area contributed by atoms with Gasteiger partial charge in [0.25, 0.3) is 0 Å². The summed E-state index contributed by atoms with van der Waals surface area (Å²) in [6.07, 6.45) is 2.32. The Hall–Kier alpha value is -2.94. The molecule has 0 amide bonds. The average Bonchev–Trinajstić information content (AvgIpc) is 3.09. The Bertz CT molecular complexity index is 983. The molecule has 0 aliphatic rings. The second-order valence-electron chi connectivity index (χ2n) is 6.65. The fourth-order valence-electron chi connectivity index (χ4n) is 3.02. The topological polar surface area (TPSA) is 50.1 Å². The van der Waals surface area contributed by atoms with Gasteiger partial charge in [0.2, 0.25) is 0 Å². The Labute approximate surface area is 165 Å². The van der Waals surface area contributed by atoms with Crippen LogP contribution in [-0.4, -0.2) is 21.5 Å². The number of hydrogen-bond acceptors (Lipinski definition) is 3. The van der Waals surface area contributed by atoms with E-state index in [9.17, 15) is 4.39 Å². The number of aromatic nitrogens is 2. The monoisotopic (exact) mass is 377 g/mol. The van der Waals surface area contributed by atoms with Crippen molar-refractivity contribution in [1.82, 2.24) is 15.1 Å². The number of hydrogen-bond donors (Lipinski definition) is 2. The van der Waals surface area contributed by atoms with Crippen LogP contribution in [0.1, 0.15) is 41.8 Å². The molecule has 0 saturated carbocycles. The van der Waals surface area contributed by atoms with Gasteiger partial charge in [-0.05, 0) is 49.7 Å². The highest BCUT2D eigenvalue weighted by molar-refractivity contribution is 5.37. The van der Waals surface area contributed by atoms with E-state index < -0.39 is 0 Å². The molecule has 0 aliphatic heterocycles. The van der Waals surface area contributed by atoms with Gasteiger partial charge in [0.05, 0.1) is 18.5 Å². The van der Waals surface area contributed by atoms with Crippen molar-refractivity contribution >= 4 is 0 Å². The summed E-state index contributed by atoms with van der Waals surface area (Å²) in [6.45, 7) is 4.89. The molecule has 144 valence electrons. The molecule has 1 atom stereocenters. The molecule has 3 aromatic rings. The summed E-state index contributed by atoms with van der Waals surface area (Å²) in [5.41, 5.74) is 4.89. The number of benzene rings is 2. The Morgan fingerprint density at radius 1 is 1.21 bits per heavy atom. The van der Waals surface area contributed by atoms with Crippen molar-refractivity contribution in [2.75, 3.05) is 6.61 Å². The molecule has 1 aromatic heterocycles. The predicted octanol–water partition coefficient (Wildman–Crippen LogP) is 3.90. The van der Waals surface area contributed by atoms with Crippen LogP contribution in [-0.2, 0) is 6.54 Å². The van der Waals surface area contributed by atoms with Crippen LogP contribution in [0.2, 0.25) is 0 Å². The standard InChI is InChI=1S/C23H24FN3O/c1-17(25-15-20-11-9-19(10-12-20)6-3-4-13-28)23-16-26-27(18(23)2)22-8-5-7-21(24)14-22/h5,7-12,14,16-17,25,28H,4,13,15H2,1-2H3. The van der Waals surface area contributed by atoms with Gasteiger partial charge in [-0.15, -0.1) is 0 Å². The predicted molar refractivity (Wildman–Crippen MR) is 109 cm³/mol. The average molecular weight is 377 g/mol. The lowest BCUT2D eigenvalue weighted by Gasteiger charge is -2.14. The molecule has 0 radical (unpaired) electrons. The van der Waals surface area contributed by atoms with Crippen molar-refractivity contribution in [3.63, 3.8) is 0 Å². The molecule has 0 fully saturated rings. The largest absolute Gasteiger partial charge is 0.395 e. The molecule has 5 heteroatoms. The maximum Gasteiger partial charge on any atom is 0.125 e. The molecule has 1 unspecified atom stereocenters. The smallest absolute Gasteiger partial charge is 0.125 e. The van der Waals surface area contributed by atoms with E-state index in [4.69, 9.17) is 5.11 Å². The van der Waals surface area contributed by atoms with E-state index in [1.807, 2.05) is 43.5 Å². The van der Waals surface area contributed by atoms with Gasteiger partial charge in [0, 0.05) is 35.8 Å². The molecule has 2 N–H and O–H groups in total. The van der Waals surface area contributed by atoms with Crippen LogP contribution in [0, 0.1) is 24.6 Å². The molecule has 28 heavy (non-hydrogen) atoms. The molecular formula is C23H24FN3O. The SMILES string of the molecule is Cc1c(C(C)NCc2ccc(C#CCCO)cc2)cnn1-c1cccc(F)c1. The van der Waals surface area contributed by atoms with Gasteiger partial charge in [-0.25, -0.2) is 9.07 Å². The number of nitrogens with zero attached hydrogens (tertiary/aromatic N) is 2. The fourth-order valence-corrected chi connectivity index (χ4v) is 3.02. The van der Waals surface area contributed by atoms with Crippen LogP contribution in [0.15, 0.2) is 54.7 Å². The maximum atomic E-state index is 13.5. The Balaban J connectivity index is 1.64. The van der Waals surface area contributed by atoms with Gasteiger partial charge in [-0.1, -0.05) is 30.0 Å². The van der Waals surface area contributed by atoms with Crippen molar-refractivity contribution in [2.45, 2.75) is 32.9 Å². The summed E-state index contributed by atoms with van der Waals surface area (Å²) < 4.78 is 15.3. The zero-order chi connectivity index (χ0) is 19.9. The van der Waals surface area contributed by atoms with Crippen molar-refractivity contribution in [2.24, 2.45) is 0 Å². The second-order valence-corrected chi connectivity index (χ2v) is 6.65. The van der Waals surface area contributed by atoms with Crippen molar-refractivity contribution in [3.8, 4) is 17.5 Å². The van der Waals surface area contributed by atoms with E-state index in [-0.39, 0.29) is 18.5 Å². The highest BCUT2D eigenvalue weighted by Crippen LogP contribution is 2.21. The van der Waals surface area contributed by atoms with Gasteiger partial charge < -0.3 is 10.4 Å². The van der Waals surface area contributed by atoms with E-state index in [2.05, 4.69) is 29.2 Å². The first-order chi connectivity index (χ1) is 13.6. The molecule has 1 heterocycles. The molecular weight excluding hydrogens is 353 g/mol. The third-order valence-corrected chi connectivity index (χ3v) is 4.60. The van der Waals surface area contributed by atoms with Crippen molar-refractivity contribution < 1.29 is 9.50 Å². The van der Waals surface area contributed by atoms with E-state index >= 15 is 0 Å². The lowest BCUT2D eigenvalue weighted by Crippen LogP contribution is -2.18. The molecule has 0 bridgehead atoms. The summed E-state index contributed by atoms with van der Waals surface area (Å²) in [4.78, 5) is 0. The molecule has 2 aromatic carbocycles. The van der Waals surface area contributed by atoms with Gasteiger partial charge in [0.1, 0.15) is 5.82 Å². The first-order valence-electron chi connectivity index (χ1n) is 9.31. The summed E-state index contributed by atoms with van der Waals surface area (Å²) in [6, 6.07) is 14.6. The summed E-state index contributed by atoms with van der Waals surface area (Å²) in [5.74, 6) is 5.67. The molecule has 0 saturated heterocycles. The summed E-state index contributed by atoms with van der Waals surface area (Å²) >= 11 is 0. The highest BCUT2D eigenvalue weighted by atomic mass is 19.1. The number of halogens is 1. The first-order valence-corrected chi connectivity index (χ1v) is 9.31. The highest BCUT2D eigenvalue weighted by Gasteiger charge is 2.14. The minimum absolute atomic E-state index is 0.0854. The van der Waals surface area contributed by atoms with Gasteiger partial charge in [-0.3, -0.25) is 0 Å². The van der Waals surface area contributed by atoms with Gasteiger partial charge >= 0.3 is 0 Å². The number of aliphatic hydroxyl groups is 1. The quantitative estimate of drug-likeness (QED) is 0.641. The third-order valence-electron chi connectivity index (χ3n) is 4.60. The molecule has 0 spiro atoms. The number of aliphatic hydroxyl groups excluding tert-OH is 1. The Morgan fingerprint density at radius 3 is 2.71 bits per heavy atom. The van der Waals surface area contributed by atoms with E-state index in [1.165, 1.54) is 12.1 Å². The van der Waals surface area contributed by atoms with Gasteiger partial charge in [0.15, 0.2) is 0 Å². The van der Waals surface area contributed by atoms with E-state index in [0.29, 0.717) is 12.1 Å². The van der Waals surface area contributed by atoms with Crippen LogP contribution < -0.4 is 5.32 Å². The first kappa shape index (κ1) is 19.8.